The molecule has 0 bridgehead atoms. The SMILES string of the molecule is CCOC(=O)c1sc(N(Cc2ccccc2)C(=O)COc2cccc(C)c2)nc1C. The number of carbonyl (C=O) groups excluding carboxylic acids is 2. The monoisotopic (exact) mass is 424 g/mol. The van der Waals surface area contributed by atoms with Crippen LogP contribution in [0.25, 0.3) is 0 Å². The molecule has 3 aromatic rings. The summed E-state index contributed by atoms with van der Waals surface area (Å²) >= 11 is 1.15. The lowest BCUT2D eigenvalue weighted by atomic mass is 10.2. The van der Waals surface area contributed by atoms with E-state index in [1.54, 1.807) is 18.7 Å². The Morgan fingerprint density at radius 2 is 1.83 bits per heavy atom. The third-order valence-corrected chi connectivity index (χ3v) is 5.47. The largest absolute Gasteiger partial charge is 0.484 e. The Kier molecular flexibility index (Phi) is 7.19. The number of aromatic nitrogens is 1. The number of esters is 1. The van der Waals surface area contributed by atoms with E-state index in [0.29, 0.717) is 28.0 Å². The van der Waals surface area contributed by atoms with Gasteiger partial charge in [0.1, 0.15) is 10.6 Å². The lowest BCUT2D eigenvalue weighted by Crippen LogP contribution is -2.34. The molecular weight excluding hydrogens is 400 g/mol. The van der Waals surface area contributed by atoms with Crippen molar-refractivity contribution in [1.29, 1.82) is 0 Å². The Morgan fingerprint density at radius 1 is 1.07 bits per heavy atom. The van der Waals surface area contributed by atoms with E-state index in [2.05, 4.69) is 4.98 Å². The molecule has 1 aromatic heterocycles. The topological polar surface area (TPSA) is 68.7 Å². The number of ether oxygens (including phenoxy) is 2. The second kappa shape index (κ2) is 10.0. The van der Waals surface area contributed by atoms with Crippen LogP contribution in [-0.4, -0.2) is 30.1 Å². The molecule has 0 aliphatic heterocycles. The molecule has 1 heterocycles. The molecule has 6 nitrogen and oxygen atoms in total. The molecule has 0 fully saturated rings. The van der Waals surface area contributed by atoms with Gasteiger partial charge in [0.2, 0.25) is 0 Å². The number of nitrogens with zero attached hydrogens (tertiary/aromatic N) is 2. The molecule has 0 atom stereocenters. The van der Waals surface area contributed by atoms with Gasteiger partial charge in [-0.25, -0.2) is 9.78 Å². The Labute approximate surface area is 180 Å². The number of hydrogen-bond acceptors (Lipinski definition) is 6. The van der Waals surface area contributed by atoms with Crippen LogP contribution in [0.15, 0.2) is 54.6 Å². The summed E-state index contributed by atoms with van der Waals surface area (Å²) in [6, 6.07) is 17.2. The highest BCUT2D eigenvalue weighted by molar-refractivity contribution is 7.17. The number of aryl methyl sites for hydroxylation is 2. The first-order chi connectivity index (χ1) is 14.5. The summed E-state index contributed by atoms with van der Waals surface area (Å²) in [4.78, 5) is 31.7. The van der Waals surface area contributed by atoms with Crippen LogP contribution in [0.2, 0.25) is 0 Å². The summed E-state index contributed by atoms with van der Waals surface area (Å²) in [6.07, 6.45) is 0. The van der Waals surface area contributed by atoms with E-state index in [-0.39, 0.29) is 19.1 Å². The normalized spacial score (nSPS) is 10.5. The first kappa shape index (κ1) is 21.5. The van der Waals surface area contributed by atoms with Gasteiger partial charge in [-0.1, -0.05) is 53.8 Å². The van der Waals surface area contributed by atoms with Crippen molar-refractivity contribution in [3.8, 4) is 5.75 Å². The van der Waals surface area contributed by atoms with Crippen molar-refractivity contribution in [2.75, 3.05) is 18.1 Å². The fourth-order valence-corrected chi connectivity index (χ4v) is 3.82. The minimum Gasteiger partial charge on any atom is -0.484 e. The first-order valence-corrected chi connectivity index (χ1v) is 10.5. The van der Waals surface area contributed by atoms with E-state index in [1.165, 1.54) is 0 Å². The van der Waals surface area contributed by atoms with E-state index in [1.807, 2.05) is 61.5 Å². The van der Waals surface area contributed by atoms with Gasteiger partial charge in [-0.3, -0.25) is 9.69 Å². The number of thiazole rings is 1. The van der Waals surface area contributed by atoms with Crippen LogP contribution < -0.4 is 9.64 Å². The third-order valence-electron chi connectivity index (χ3n) is 4.31. The minimum absolute atomic E-state index is 0.135. The molecule has 0 aliphatic rings. The molecule has 0 spiro atoms. The number of amides is 1. The van der Waals surface area contributed by atoms with Gasteiger partial charge in [-0.05, 0) is 44.0 Å². The highest BCUT2D eigenvalue weighted by Crippen LogP contribution is 2.28. The molecule has 156 valence electrons. The van der Waals surface area contributed by atoms with Crippen molar-refractivity contribution >= 4 is 28.3 Å². The molecule has 2 aromatic carbocycles. The number of benzene rings is 2. The van der Waals surface area contributed by atoms with Crippen LogP contribution in [0.3, 0.4) is 0 Å². The van der Waals surface area contributed by atoms with Crippen LogP contribution in [0.4, 0.5) is 5.13 Å². The summed E-state index contributed by atoms with van der Waals surface area (Å²) < 4.78 is 10.8. The van der Waals surface area contributed by atoms with Gasteiger partial charge in [-0.2, -0.15) is 0 Å². The Balaban J connectivity index is 1.84. The molecule has 0 radical (unpaired) electrons. The van der Waals surface area contributed by atoms with E-state index in [4.69, 9.17) is 9.47 Å². The summed E-state index contributed by atoms with van der Waals surface area (Å²) in [7, 11) is 0. The number of anilines is 1. The van der Waals surface area contributed by atoms with Crippen LogP contribution in [0.5, 0.6) is 5.75 Å². The van der Waals surface area contributed by atoms with Crippen LogP contribution >= 0.6 is 11.3 Å². The lowest BCUT2D eigenvalue weighted by Gasteiger charge is -2.20. The summed E-state index contributed by atoms with van der Waals surface area (Å²) in [5.74, 6) is -0.0445. The molecule has 30 heavy (non-hydrogen) atoms. The molecule has 7 heteroatoms. The van der Waals surface area contributed by atoms with E-state index in [9.17, 15) is 9.59 Å². The molecule has 3 rings (SSSR count). The maximum Gasteiger partial charge on any atom is 0.350 e. The minimum atomic E-state index is -0.429. The van der Waals surface area contributed by atoms with Gasteiger partial charge < -0.3 is 9.47 Å². The van der Waals surface area contributed by atoms with Gasteiger partial charge in [0.05, 0.1) is 18.8 Å². The maximum atomic E-state index is 13.1. The zero-order valence-electron chi connectivity index (χ0n) is 17.3. The van der Waals surface area contributed by atoms with Crippen LogP contribution in [0.1, 0.15) is 33.4 Å². The highest BCUT2D eigenvalue weighted by atomic mass is 32.1. The predicted octanol–water partition coefficient (Wildman–Crippen LogP) is 4.55. The van der Waals surface area contributed by atoms with Crippen LogP contribution in [-0.2, 0) is 16.1 Å². The fourth-order valence-electron chi connectivity index (χ4n) is 2.84. The highest BCUT2D eigenvalue weighted by Gasteiger charge is 2.24. The zero-order chi connectivity index (χ0) is 21.5. The third kappa shape index (κ3) is 5.45. The van der Waals surface area contributed by atoms with Crippen molar-refractivity contribution < 1.29 is 19.1 Å². The lowest BCUT2D eigenvalue weighted by molar-refractivity contribution is -0.120. The van der Waals surface area contributed by atoms with E-state index in [0.717, 1.165) is 22.5 Å². The van der Waals surface area contributed by atoms with Crippen LogP contribution in [0, 0.1) is 13.8 Å². The maximum absolute atomic E-state index is 13.1. The molecular formula is C23H24N2O4S. The second-order valence-corrected chi connectivity index (χ2v) is 7.68. The molecule has 0 N–H and O–H groups in total. The van der Waals surface area contributed by atoms with E-state index < -0.39 is 5.97 Å². The Bertz CT molecular complexity index is 1020. The standard InChI is InChI=1S/C23H24N2O4S/c1-4-28-22(27)21-17(3)24-23(30-21)25(14-18-10-6-5-7-11-18)20(26)15-29-19-12-8-9-16(2)13-19/h5-13H,4,14-15H2,1-3H3. The second-order valence-electron chi connectivity index (χ2n) is 6.70. The van der Waals surface area contributed by atoms with Crippen molar-refractivity contribution in [2.45, 2.75) is 27.3 Å². The average Bonchev–Trinajstić information content (AvgIpc) is 3.12. The Morgan fingerprint density at radius 3 is 2.53 bits per heavy atom. The molecule has 1 amide bonds. The van der Waals surface area contributed by atoms with Crippen molar-refractivity contribution in [3.05, 3.63) is 76.3 Å². The number of rotatable bonds is 8. The van der Waals surface area contributed by atoms with E-state index >= 15 is 0 Å². The summed E-state index contributed by atoms with van der Waals surface area (Å²) in [6.45, 7) is 5.92. The van der Waals surface area contributed by atoms with Gasteiger partial charge in [-0.15, -0.1) is 0 Å². The van der Waals surface area contributed by atoms with Gasteiger partial charge >= 0.3 is 5.97 Å². The molecule has 0 unspecified atom stereocenters. The quantitative estimate of drug-likeness (QED) is 0.496. The zero-order valence-corrected chi connectivity index (χ0v) is 18.1. The molecule has 0 saturated carbocycles. The smallest absolute Gasteiger partial charge is 0.350 e. The van der Waals surface area contributed by atoms with Gasteiger partial charge in [0, 0.05) is 0 Å². The Hall–Kier alpha value is -3.19. The summed E-state index contributed by atoms with van der Waals surface area (Å²) in [5.41, 5.74) is 2.54. The first-order valence-electron chi connectivity index (χ1n) is 9.66. The van der Waals surface area contributed by atoms with Crippen molar-refractivity contribution in [3.63, 3.8) is 0 Å². The number of carbonyl (C=O) groups is 2. The molecule has 0 aliphatic carbocycles. The summed E-state index contributed by atoms with van der Waals surface area (Å²) in [5, 5.41) is 0.442. The van der Waals surface area contributed by atoms with Crippen molar-refractivity contribution in [1.82, 2.24) is 4.98 Å². The molecule has 0 saturated heterocycles. The predicted molar refractivity (Wildman–Crippen MR) is 117 cm³/mol. The fraction of sp³-hybridized carbons (Fsp3) is 0.261. The van der Waals surface area contributed by atoms with Gasteiger partial charge in [0.15, 0.2) is 11.7 Å². The van der Waals surface area contributed by atoms with Gasteiger partial charge in [0.25, 0.3) is 5.91 Å². The average molecular weight is 425 g/mol. The number of hydrogen-bond donors (Lipinski definition) is 0. The van der Waals surface area contributed by atoms with Crippen molar-refractivity contribution in [2.24, 2.45) is 0 Å².